The second-order valence-corrected chi connectivity index (χ2v) is 5.57. The van der Waals surface area contributed by atoms with Gasteiger partial charge in [-0.3, -0.25) is 0 Å². The van der Waals surface area contributed by atoms with Crippen molar-refractivity contribution in [3.05, 3.63) is 65.7 Å². The lowest BCUT2D eigenvalue weighted by Crippen LogP contribution is -1.97. The van der Waals surface area contributed by atoms with Crippen LogP contribution in [0.15, 0.2) is 63.9 Å². The molecule has 0 aliphatic carbocycles. The number of benzene rings is 2. The number of hydrogen-bond donors (Lipinski definition) is 0. The molecule has 0 fully saturated rings. The Morgan fingerprint density at radius 3 is 2.17 bits per heavy atom. The zero-order valence-corrected chi connectivity index (χ0v) is 10.8. The van der Waals surface area contributed by atoms with Crippen molar-refractivity contribution < 1.29 is 8.42 Å². The third-order valence-corrected chi connectivity index (χ3v) is 3.71. The number of sulfonamides is 1. The summed E-state index contributed by atoms with van der Waals surface area (Å²) >= 11 is 0. The topological polar surface area (TPSA) is 46.5 Å². The minimum Gasteiger partial charge on any atom is -0.199 e. The van der Waals surface area contributed by atoms with Crippen LogP contribution in [-0.2, 0) is 10.0 Å². The maximum absolute atomic E-state index is 11.9. The maximum atomic E-state index is 11.9. The summed E-state index contributed by atoms with van der Waals surface area (Å²) in [5.74, 6) is 0. The van der Waals surface area contributed by atoms with Crippen LogP contribution >= 0.6 is 0 Å². The van der Waals surface area contributed by atoms with Crippen LogP contribution < -0.4 is 0 Å². The molecule has 2 aromatic rings. The molecule has 0 unspecified atom stereocenters. The highest BCUT2D eigenvalue weighted by Crippen LogP contribution is 2.13. The summed E-state index contributed by atoms with van der Waals surface area (Å²) in [4.78, 5) is 0.209. The first kappa shape index (κ1) is 12.5. The Bertz CT molecular complexity index is 644. The second kappa shape index (κ2) is 5.14. The molecule has 0 bridgehead atoms. The average molecular weight is 259 g/mol. The van der Waals surface area contributed by atoms with E-state index >= 15 is 0 Å². The molecule has 0 saturated heterocycles. The molecule has 3 nitrogen and oxygen atoms in total. The van der Waals surface area contributed by atoms with Gasteiger partial charge < -0.3 is 0 Å². The average Bonchev–Trinajstić information content (AvgIpc) is 2.38. The number of rotatable bonds is 3. The highest BCUT2D eigenvalue weighted by atomic mass is 32.2. The quantitative estimate of drug-likeness (QED) is 0.796. The van der Waals surface area contributed by atoms with Crippen molar-refractivity contribution in [2.45, 2.75) is 11.8 Å². The van der Waals surface area contributed by atoms with Gasteiger partial charge in [0, 0.05) is 6.21 Å². The molecule has 0 aliphatic heterocycles. The molecular weight excluding hydrogens is 246 g/mol. The first-order valence-electron chi connectivity index (χ1n) is 5.50. The highest BCUT2D eigenvalue weighted by molar-refractivity contribution is 7.90. The van der Waals surface area contributed by atoms with Gasteiger partial charge in [-0.15, -0.1) is 0 Å². The Morgan fingerprint density at radius 1 is 0.944 bits per heavy atom. The Balaban J connectivity index is 2.28. The molecule has 0 saturated carbocycles. The van der Waals surface area contributed by atoms with Gasteiger partial charge in [-0.05, 0) is 24.6 Å². The zero-order chi connectivity index (χ0) is 13.0. The first-order valence-corrected chi connectivity index (χ1v) is 6.94. The van der Waals surface area contributed by atoms with Gasteiger partial charge in [0.2, 0.25) is 0 Å². The van der Waals surface area contributed by atoms with Gasteiger partial charge in [-0.2, -0.15) is 12.8 Å². The van der Waals surface area contributed by atoms with Gasteiger partial charge in [-0.1, -0.05) is 48.0 Å². The van der Waals surface area contributed by atoms with Gasteiger partial charge in [0.25, 0.3) is 10.0 Å². The summed E-state index contributed by atoms with van der Waals surface area (Å²) in [6, 6.07) is 15.8. The van der Waals surface area contributed by atoms with E-state index in [-0.39, 0.29) is 4.90 Å². The molecule has 92 valence electrons. The van der Waals surface area contributed by atoms with Crippen molar-refractivity contribution in [1.29, 1.82) is 0 Å². The third kappa shape index (κ3) is 3.05. The first-order chi connectivity index (χ1) is 8.58. The molecule has 0 atom stereocenters. The summed E-state index contributed by atoms with van der Waals surface area (Å²) in [5, 5.41) is 0. The van der Waals surface area contributed by atoms with Crippen LogP contribution in [0.4, 0.5) is 0 Å². The minimum absolute atomic E-state index is 0.209. The van der Waals surface area contributed by atoms with Crippen LogP contribution in [0.3, 0.4) is 0 Å². The molecule has 0 spiro atoms. The van der Waals surface area contributed by atoms with E-state index in [1.165, 1.54) is 6.21 Å². The normalized spacial score (nSPS) is 11.8. The summed E-state index contributed by atoms with van der Waals surface area (Å²) in [7, 11) is -3.61. The van der Waals surface area contributed by atoms with E-state index in [1.807, 2.05) is 25.1 Å². The van der Waals surface area contributed by atoms with E-state index in [2.05, 4.69) is 4.40 Å². The van der Waals surface area contributed by atoms with Gasteiger partial charge in [-0.25, -0.2) is 0 Å². The number of hydrogen-bond acceptors (Lipinski definition) is 2. The molecule has 2 rings (SSSR count). The fourth-order valence-electron chi connectivity index (χ4n) is 1.44. The molecule has 0 radical (unpaired) electrons. The lowest BCUT2D eigenvalue weighted by molar-refractivity contribution is 0.598. The molecule has 0 aliphatic rings. The number of nitrogens with zero attached hydrogens (tertiary/aromatic N) is 1. The summed E-state index contributed by atoms with van der Waals surface area (Å²) in [6.07, 6.45) is 1.36. The molecule has 0 N–H and O–H groups in total. The molecule has 0 aromatic heterocycles. The van der Waals surface area contributed by atoms with Crippen LogP contribution in [0.2, 0.25) is 0 Å². The maximum Gasteiger partial charge on any atom is 0.282 e. The fourth-order valence-corrected chi connectivity index (χ4v) is 2.30. The molecule has 0 heterocycles. The van der Waals surface area contributed by atoms with Crippen molar-refractivity contribution in [2.24, 2.45) is 4.40 Å². The van der Waals surface area contributed by atoms with Crippen LogP contribution in [0, 0.1) is 6.92 Å². The van der Waals surface area contributed by atoms with E-state index < -0.39 is 10.0 Å². The highest BCUT2D eigenvalue weighted by Gasteiger charge is 2.10. The van der Waals surface area contributed by atoms with E-state index in [1.54, 1.807) is 36.4 Å². The van der Waals surface area contributed by atoms with E-state index in [9.17, 15) is 8.42 Å². The molecule has 0 amide bonds. The largest absolute Gasteiger partial charge is 0.282 e. The summed E-state index contributed by atoms with van der Waals surface area (Å²) in [5.41, 5.74) is 1.77. The Labute approximate surface area is 107 Å². The molecule has 18 heavy (non-hydrogen) atoms. The second-order valence-electron chi connectivity index (χ2n) is 3.93. The minimum atomic E-state index is -3.61. The van der Waals surface area contributed by atoms with Crippen LogP contribution in [-0.4, -0.2) is 14.6 Å². The standard InChI is InChI=1S/C14H13NO2S/c1-12-7-9-14(10-8-12)18(16,17)15-11-13-5-3-2-4-6-13/h2-11H,1H3. The van der Waals surface area contributed by atoms with E-state index in [0.717, 1.165) is 11.1 Å². The van der Waals surface area contributed by atoms with E-state index in [0.29, 0.717) is 0 Å². The van der Waals surface area contributed by atoms with Gasteiger partial charge in [0.15, 0.2) is 0 Å². The van der Waals surface area contributed by atoms with Crippen LogP contribution in [0.1, 0.15) is 11.1 Å². The smallest absolute Gasteiger partial charge is 0.199 e. The van der Waals surface area contributed by atoms with Gasteiger partial charge in [0.05, 0.1) is 4.90 Å². The van der Waals surface area contributed by atoms with Crippen molar-refractivity contribution in [3.8, 4) is 0 Å². The van der Waals surface area contributed by atoms with Crippen LogP contribution in [0.25, 0.3) is 0 Å². The Kier molecular flexibility index (Phi) is 3.58. The molecule has 4 heteroatoms. The predicted molar refractivity (Wildman–Crippen MR) is 72.4 cm³/mol. The third-order valence-electron chi connectivity index (χ3n) is 2.46. The van der Waals surface area contributed by atoms with Crippen LogP contribution in [0.5, 0.6) is 0 Å². The number of aryl methyl sites for hydroxylation is 1. The van der Waals surface area contributed by atoms with Crippen molar-refractivity contribution in [2.75, 3.05) is 0 Å². The summed E-state index contributed by atoms with van der Waals surface area (Å²) in [6.45, 7) is 1.91. The lowest BCUT2D eigenvalue weighted by Gasteiger charge is -1.99. The molecular formula is C14H13NO2S. The van der Waals surface area contributed by atoms with Gasteiger partial charge in [0.1, 0.15) is 0 Å². The fraction of sp³-hybridized carbons (Fsp3) is 0.0714. The van der Waals surface area contributed by atoms with E-state index in [4.69, 9.17) is 0 Å². The molecule has 2 aromatic carbocycles. The van der Waals surface area contributed by atoms with Crippen molar-refractivity contribution in [3.63, 3.8) is 0 Å². The van der Waals surface area contributed by atoms with Gasteiger partial charge >= 0.3 is 0 Å². The SMILES string of the molecule is Cc1ccc(S(=O)(=O)N=Cc2ccccc2)cc1. The summed E-state index contributed by atoms with van der Waals surface area (Å²) < 4.78 is 27.5. The lowest BCUT2D eigenvalue weighted by atomic mass is 10.2. The zero-order valence-electron chi connectivity index (χ0n) is 9.95. The Hall–Kier alpha value is -1.94. The monoisotopic (exact) mass is 259 g/mol. The van der Waals surface area contributed by atoms with Crippen molar-refractivity contribution >= 4 is 16.2 Å². The predicted octanol–water partition coefficient (Wildman–Crippen LogP) is 2.80. The Morgan fingerprint density at radius 2 is 1.56 bits per heavy atom. The van der Waals surface area contributed by atoms with Crippen molar-refractivity contribution in [1.82, 2.24) is 0 Å².